The number of aromatic nitrogens is 3. The van der Waals surface area contributed by atoms with Gasteiger partial charge in [0.2, 0.25) is 5.91 Å². The molecule has 4 unspecified atom stereocenters. The molecular formula is C39H48N10O5. The summed E-state index contributed by atoms with van der Waals surface area (Å²) in [7, 11) is 1.94. The van der Waals surface area contributed by atoms with Gasteiger partial charge in [-0.15, -0.1) is 0 Å². The average molecular weight is 737 g/mol. The number of aliphatic hydroxyl groups is 2. The molecule has 3 saturated heterocycles. The molecule has 5 aliphatic rings. The first kappa shape index (κ1) is 35.1. The first-order valence-electron chi connectivity index (χ1n) is 19.2. The monoisotopic (exact) mass is 736 g/mol. The van der Waals surface area contributed by atoms with Gasteiger partial charge >= 0.3 is 0 Å². The number of nitrogens with zero attached hydrogens (tertiary/aromatic N) is 7. The van der Waals surface area contributed by atoms with Gasteiger partial charge in [0.1, 0.15) is 17.7 Å². The second-order valence-electron chi connectivity index (χ2n) is 15.8. The number of anilines is 3. The van der Waals surface area contributed by atoms with Gasteiger partial charge in [-0.25, -0.2) is 9.97 Å². The van der Waals surface area contributed by atoms with Crippen LogP contribution in [0.25, 0.3) is 11.0 Å². The molecular weight excluding hydrogens is 688 g/mol. The number of carbonyl (C=O) groups is 2. The van der Waals surface area contributed by atoms with E-state index in [4.69, 9.17) is 15.2 Å². The molecule has 15 heteroatoms. The van der Waals surface area contributed by atoms with E-state index in [2.05, 4.69) is 53.7 Å². The van der Waals surface area contributed by atoms with Crippen molar-refractivity contribution in [2.24, 2.45) is 11.7 Å². The standard InChI is InChI=1S/C39H48N10O5/c1-46-13-14-49(39(46)53)27-3-2-11-48(21-27)31-18-41-34(36(40)51)37(43-31)42-26-6-4-23-10-12-47(20-25(23)17-26)19-22-15-24-5-7-28-33(45-54-35(28)30(24)16-22)29-8-9-32(50)44-38(29)52/h4-7,17-18,22,27,29,32,39,50,53H,2-3,8-16,19-21H2,1H3,(H2,40,51)(H,42,43)(H,44,52)/t22?,27-,29?,32?,39?/m1/s1. The van der Waals surface area contributed by atoms with Crippen molar-refractivity contribution in [1.82, 2.24) is 35.1 Å². The highest BCUT2D eigenvalue weighted by atomic mass is 16.5. The van der Waals surface area contributed by atoms with Gasteiger partial charge in [0, 0.05) is 68.5 Å². The molecule has 4 aromatic rings. The first-order valence-corrected chi connectivity index (χ1v) is 19.2. The van der Waals surface area contributed by atoms with Crippen LogP contribution in [-0.4, -0.2) is 117 Å². The zero-order valence-electron chi connectivity index (χ0n) is 30.6. The van der Waals surface area contributed by atoms with E-state index in [-0.39, 0.29) is 17.6 Å². The fraction of sp³-hybridized carbons (Fsp3) is 0.513. The Kier molecular flexibility index (Phi) is 9.22. The van der Waals surface area contributed by atoms with Crippen LogP contribution in [-0.2, 0) is 30.6 Å². The molecule has 2 aromatic heterocycles. The third-order valence-electron chi connectivity index (χ3n) is 12.2. The molecule has 284 valence electrons. The Bertz CT molecular complexity index is 2090. The molecule has 6 N–H and O–H groups in total. The number of hydrogen-bond acceptors (Lipinski definition) is 13. The number of likely N-dealkylation sites (N-methyl/N-ethyl adjacent to an activating group) is 1. The third kappa shape index (κ3) is 6.57. The van der Waals surface area contributed by atoms with Crippen molar-refractivity contribution in [2.75, 3.05) is 56.5 Å². The summed E-state index contributed by atoms with van der Waals surface area (Å²) in [5, 5.41) is 31.8. The molecule has 3 fully saturated rings. The maximum atomic E-state index is 12.6. The number of rotatable bonds is 8. The van der Waals surface area contributed by atoms with Gasteiger partial charge in [0.25, 0.3) is 5.91 Å². The minimum absolute atomic E-state index is 0.0952. The Hall–Kier alpha value is -4.67. The number of primary amides is 1. The summed E-state index contributed by atoms with van der Waals surface area (Å²) in [6.45, 7) is 5.90. The Morgan fingerprint density at radius 2 is 1.93 bits per heavy atom. The zero-order chi connectivity index (χ0) is 37.1. The SMILES string of the molecule is CN1CCN([C@@H]2CCCN(c3cnc(C(N)=O)c(Nc4ccc5c(c4)CN(CC4Cc6ccc7c(C8CCC(O)NC8=O)noc7c6C4)CC5)n3)C2)C1O. The molecule has 6 heterocycles. The van der Waals surface area contributed by atoms with Crippen LogP contribution < -0.4 is 21.3 Å². The summed E-state index contributed by atoms with van der Waals surface area (Å²) in [4.78, 5) is 43.3. The Labute approximate surface area is 313 Å². The number of hydrogen-bond donors (Lipinski definition) is 5. The first-order chi connectivity index (χ1) is 26.2. The maximum Gasteiger partial charge on any atom is 0.271 e. The lowest BCUT2D eigenvalue weighted by Gasteiger charge is -2.39. The number of piperidine rings is 2. The van der Waals surface area contributed by atoms with Crippen molar-refractivity contribution in [1.29, 1.82) is 0 Å². The topological polar surface area (TPSA) is 189 Å². The minimum Gasteiger partial charge on any atom is -0.374 e. The van der Waals surface area contributed by atoms with E-state index in [0.717, 1.165) is 88.0 Å². The van der Waals surface area contributed by atoms with E-state index < -0.39 is 24.4 Å². The summed E-state index contributed by atoms with van der Waals surface area (Å²) >= 11 is 0. The normalized spacial score (nSPS) is 26.5. The molecule has 0 spiro atoms. The largest absolute Gasteiger partial charge is 0.374 e. The van der Waals surface area contributed by atoms with E-state index in [1.165, 1.54) is 22.3 Å². The minimum atomic E-state index is -0.805. The van der Waals surface area contributed by atoms with Crippen molar-refractivity contribution >= 4 is 40.1 Å². The number of amides is 2. The number of aliphatic hydroxyl groups excluding tert-OH is 2. The van der Waals surface area contributed by atoms with Crippen LogP contribution >= 0.6 is 0 Å². The maximum absolute atomic E-state index is 12.6. The van der Waals surface area contributed by atoms with Crippen molar-refractivity contribution in [3.63, 3.8) is 0 Å². The Morgan fingerprint density at radius 3 is 2.74 bits per heavy atom. The summed E-state index contributed by atoms with van der Waals surface area (Å²) < 4.78 is 5.90. The van der Waals surface area contributed by atoms with Crippen LogP contribution in [0, 0.1) is 5.92 Å². The van der Waals surface area contributed by atoms with Gasteiger partial charge in [-0.3, -0.25) is 24.3 Å². The summed E-state index contributed by atoms with van der Waals surface area (Å²) in [5.74, 6) is 0.167. The third-order valence-corrected chi connectivity index (χ3v) is 12.2. The van der Waals surface area contributed by atoms with Gasteiger partial charge in [0.05, 0.1) is 12.1 Å². The second kappa shape index (κ2) is 14.2. The van der Waals surface area contributed by atoms with Gasteiger partial charge < -0.3 is 36.0 Å². The van der Waals surface area contributed by atoms with E-state index in [1.807, 2.05) is 24.1 Å². The molecule has 1 aliphatic carbocycles. The smallest absolute Gasteiger partial charge is 0.271 e. The Morgan fingerprint density at radius 1 is 1.06 bits per heavy atom. The van der Waals surface area contributed by atoms with Crippen LogP contribution in [0.15, 0.2) is 41.1 Å². The van der Waals surface area contributed by atoms with Crippen LogP contribution in [0.3, 0.4) is 0 Å². The van der Waals surface area contributed by atoms with Crippen LogP contribution in [0.2, 0.25) is 0 Å². The highest BCUT2D eigenvalue weighted by molar-refractivity contribution is 5.96. The lowest BCUT2D eigenvalue weighted by atomic mass is 9.91. The molecule has 4 aliphatic heterocycles. The predicted molar refractivity (Wildman–Crippen MR) is 201 cm³/mol. The molecule has 5 atom stereocenters. The fourth-order valence-corrected chi connectivity index (χ4v) is 9.35. The quantitative estimate of drug-likeness (QED) is 0.177. The average Bonchev–Trinajstić information content (AvgIpc) is 3.87. The highest BCUT2D eigenvalue weighted by Gasteiger charge is 2.37. The van der Waals surface area contributed by atoms with E-state index in [1.54, 1.807) is 6.20 Å². The molecule has 0 radical (unpaired) electrons. The molecule has 9 rings (SSSR count). The van der Waals surface area contributed by atoms with Crippen molar-refractivity contribution in [3.05, 3.63) is 70.2 Å². The lowest BCUT2D eigenvalue weighted by Crippen LogP contribution is -2.51. The molecule has 15 nitrogen and oxygen atoms in total. The van der Waals surface area contributed by atoms with Crippen molar-refractivity contribution in [3.8, 4) is 0 Å². The number of nitrogens with two attached hydrogens (primary N) is 1. The number of benzene rings is 2. The van der Waals surface area contributed by atoms with Crippen LogP contribution in [0.1, 0.15) is 70.0 Å². The van der Waals surface area contributed by atoms with E-state index in [0.29, 0.717) is 42.6 Å². The molecule has 0 saturated carbocycles. The van der Waals surface area contributed by atoms with Gasteiger partial charge in [-0.1, -0.05) is 17.3 Å². The van der Waals surface area contributed by atoms with Crippen LogP contribution in [0.4, 0.5) is 17.3 Å². The molecule has 2 aromatic carbocycles. The molecule has 2 amide bonds. The highest BCUT2D eigenvalue weighted by Crippen LogP contribution is 2.38. The fourth-order valence-electron chi connectivity index (χ4n) is 9.35. The summed E-state index contributed by atoms with van der Waals surface area (Å²) in [6.07, 6.45) is 6.03. The summed E-state index contributed by atoms with van der Waals surface area (Å²) in [6, 6.07) is 10.7. The van der Waals surface area contributed by atoms with E-state index in [9.17, 15) is 19.8 Å². The summed E-state index contributed by atoms with van der Waals surface area (Å²) in [5.41, 5.74) is 13.1. The van der Waals surface area contributed by atoms with Crippen molar-refractivity contribution in [2.45, 2.75) is 76.0 Å². The number of carbonyl (C=O) groups excluding carboxylic acids is 2. The Balaban J connectivity index is 0.874. The van der Waals surface area contributed by atoms with Gasteiger partial charge in [0.15, 0.2) is 23.4 Å². The lowest BCUT2D eigenvalue weighted by molar-refractivity contribution is -0.128. The predicted octanol–water partition coefficient (Wildman–Crippen LogP) is 2.04. The molecule has 54 heavy (non-hydrogen) atoms. The van der Waals surface area contributed by atoms with Gasteiger partial charge in [-0.05, 0) is 92.8 Å². The second-order valence-corrected chi connectivity index (χ2v) is 15.8. The van der Waals surface area contributed by atoms with Gasteiger partial charge in [-0.2, -0.15) is 0 Å². The van der Waals surface area contributed by atoms with Crippen molar-refractivity contribution < 1.29 is 24.3 Å². The van der Waals surface area contributed by atoms with E-state index >= 15 is 0 Å². The zero-order valence-corrected chi connectivity index (χ0v) is 30.6. The molecule has 0 bridgehead atoms. The number of fused-ring (bicyclic) bond motifs is 4. The number of nitrogens with one attached hydrogen (secondary N) is 2. The van der Waals surface area contributed by atoms with Crippen LogP contribution in [0.5, 0.6) is 0 Å².